The van der Waals surface area contributed by atoms with E-state index in [1.807, 2.05) is 0 Å². The summed E-state index contributed by atoms with van der Waals surface area (Å²) in [6.45, 7) is 5.04. The van der Waals surface area contributed by atoms with Gasteiger partial charge < -0.3 is 19.7 Å². The normalized spacial score (nSPS) is 16.2. The second-order valence-electron chi connectivity index (χ2n) is 4.66. The second-order valence-corrected chi connectivity index (χ2v) is 4.66. The zero-order valence-electron chi connectivity index (χ0n) is 10.5. The summed E-state index contributed by atoms with van der Waals surface area (Å²) in [5, 5.41) is 12.1. The molecule has 2 rings (SSSR count). The van der Waals surface area contributed by atoms with Crippen LogP contribution in [-0.2, 0) is 6.54 Å². The molecule has 0 radical (unpaired) electrons. The molecule has 5 nitrogen and oxygen atoms in total. The van der Waals surface area contributed by atoms with E-state index < -0.39 is 5.97 Å². The molecule has 0 amide bonds. The average Bonchev–Trinajstić information content (AvgIpc) is 2.98. The molecule has 1 aliphatic heterocycles. The first kappa shape index (κ1) is 13.1. The molecule has 0 atom stereocenters. The lowest BCUT2D eigenvalue weighted by Crippen LogP contribution is -2.24. The molecular weight excluding hydrogens is 232 g/mol. The van der Waals surface area contributed by atoms with Crippen LogP contribution in [0.15, 0.2) is 16.7 Å². The molecule has 1 aromatic rings. The van der Waals surface area contributed by atoms with Gasteiger partial charge in [-0.25, -0.2) is 4.79 Å². The predicted molar refractivity (Wildman–Crippen MR) is 67.7 cm³/mol. The molecule has 1 saturated heterocycles. The Morgan fingerprint density at radius 3 is 2.94 bits per heavy atom. The van der Waals surface area contributed by atoms with Gasteiger partial charge in [-0.15, -0.1) is 0 Å². The summed E-state index contributed by atoms with van der Waals surface area (Å²) in [5.41, 5.74) is 0.712. The van der Waals surface area contributed by atoms with Crippen LogP contribution in [0.2, 0.25) is 0 Å². The molecule has 1 aliphatic rings. The van der Waals surface area contributed by atoms with E-state index >= 15 is 0 Å². The first-order valence-electron chi connectivity index (χ1n) is 6.50. The number of nitrogens with zero attached hydrogens (tertiary/aromatic N) is 1. The first-order chi connectivity index (χ1) is 8.77. The lowest BCUT2D eigenvalue weighted by atomic mass is 10.2. The van der Waals surface area contributed by atoms with Crippen LogP contribution in [-0.4, -0.2) is 42.2 Å². The third kappa shape index (κ3) is 3.58. The molecule has 0 aliphatic carbocycles. The zero-order valence-corrected chi connectivity index (χ0v) is 10.5. The van der Waals surface area contributed by atoms with E-state index in [0.29, 0.717) is 12.1 Å². The molecule has 0 unspecified atom stereocenters. The smallest absolute Gasteiger partial charge is 0.372 e. The summed E-state index contributed by atoms with van der Waals surface area (Å²) in [6.07, 6.45) is 5.17. The van der Waals surface area contributed by atoms with Gasteiger partial charge in [0.2, 0.25) is 5.76 Å². The van der Waals surface area contributed by atoms with E-state index in [-0.39, 0.29) is 5.76 Å². The van der Waals surface area contributed by atoms with Gasteiger partial charge in [-0.3, -0.25) is 0 Å². The predicted octanol–water partition coefficient (Wildman–Crippen LogP) is 1.55. The van der Waals surface area contributed by atoms with Crippen molar-refractivity contribution in [1.82, 2.24) is 10.2 Å². The molecule has 2 N–H and O–H groups in total. The van der Waals surface area contributed by atoms with Crippen molar-refractivity contribution >= 4 is 5.97 Å². The summed E-state index contributed by atoms with van der Waals surface area (Å²) in [7, 11) is 0. The van der Waals surface area contributed by atoms with Gasteiger partial charge in [0.15, 0.2) is 0 Å². The molecule has 0 saturated carbocycles. The minimum absolute atomic E-state index is 0.0436. The van der Waals surface area contributed by atoms with Crippen LogP contribution in [0.1, 0.15) is 35.4 Å². The number of rotatable bonds is 7. The maximum atomic E-state index is 10.8. The van der Waals surface area contributed by atoms with Crippen molar-refractivity contribution in [2.24, 2.45) is 0 Å². The minimum atomic E-state index is -1.01. The van der Waals surface area contributed by atoms with Gasteiger partial charge in [0.25, 0.3) is 0 Å². The molecule has 5 heteroatoms. The number of hydrogen-bond donors (Lipinski definition) is 2. The number of hydrogen-bond acceptors (Lipinski definition) is 4. The van der Waals surface area contributed by atoms with Crippen LogP contribution in [0.3, 0.4) is 0 Å². The molecule has 1 fully saturated rings. The Bertz CT molecular complexity index is 383. The standard InChI is InChI=1S/C13H20N2O3/c16-13(17)12-11(4-9-18-12)10-14-5-3-8-15-6-1-2-7-15/h4,9,14H,1-3,5-8,10H2,(H,16,17). The van der Waals surface area contributed by atoms with Crippen molar-refractivity contribution in [3.05, 3.63) is 23.7 Å². The van der Waals surface area contributed by atoms with Crippen LogP contribution in [0.4, 0.5) is 0 Å². The summed E-state index contributed by atoms with van der Waals surface area (Å²) >= 11 is 0. The number of nitrogens with one attached hydrogen (secondary N) is 1. The molecule has 1 aromatic heterocycles. The van der Waals surface area contributed by atoms with E-state index in [4.69, 9.17) is 9.52 Å². The topological polar surface area (TPSA) is 65.7 Å². The van der Waals surface area contributed by atoms with Crippen LogP contribution >= 0.6 is 0 Å². The Morgan fingerprint density at radius 2 is 2.22 bits per heavy atom. The number of carbonyl (C=O) groups is 1. The Labute approximate surface area is 107 Å². The molecule has 0 bridgehead atoms. The van der Waals surface area contributed by atoms with E-state index in [9.17, 15) is 4.79 Å². The number of furan rings is 1. The van der Waals surface area contributed by atoms with E-state index in [1.54, 1.807) is 6.07 Å². The molecule has 100 valence electrons. The van der Waals surface area contributed by atoms with Crippen molar-refractivity contribution < 1.29 is 14.3 Å². The number of aromatic carboxylic acids is 1. The lowest BCUT2D eigenvalue weighted by molar-refractivity contribution is 0.0660. The van der Waals surface area contributed by atoms with Gasteiger partial charge in [-0.05, 0) is 51.5 Å². The average molecular weight is 252 g/mol. The second kappa shape index (κ2) is 6.56. The van der Waals surface area contributed by atoms with Crippen molar-refractivity contribution in [3.8, 4) is 0 Å². The third-order valence-electron chi connectivity index (χ3n) is 3.28. The zero-order chi connectivity index (χ0) is 12.8. The Morgan fingerprint density at radius 1 is 1.44 bits per heavy atom. The highest BCUT2D eigenvalue weighted by Gasteiger charge is 2.13. The van der Waals surface area contributed by atoms with Gasteiger partial charge in [0.05, 0.1) is 6.26 Å². The van der Waals surface area contributed by atoms with Gasteiger partial charge >= 0.3 is 5.97 Å². The highest BCUT2D eigenvalue weighted by Crippen LogP contribution is 2.10. The van der Waals surface area contributed by atoms with Crippen LogP contribution in [0.5, 0.6) is 0 Å². The maximum Gasteiger partial charge on any atom is 0.372 e. The van der Waals surface area contributed by atoms with Gasteiger partial charge in [-0.2, -0.15) is 0 Å². The largest absolute Gasteiger partial charge is 0.475 e. The molecule has 0 spiro atoms. The quantitative estimate of drug-likeness (QED) is 0.721. The number of likely N-dealkylation sites (tertiary alicyclic amines) is 1. The summed E-state index contributed by atoms with van der Waals surface area (Å²) in [4.78, 5) is 13.3. The fourth-order valence-corrected chi connectivity index (χ4v) is 2.32. The van der Waals surface area contributed by atoms with Gasteiger partial charge in [-0.1, -0.05) is 0 Å². The van der Waals surface area contributed by atoms with Crippen molar-refractivity contribution in [1.29, 1.82) is 0 Å². The summed E-state index contributed by atoms with van der Waals surface area (Å²) < 4.78 is 4.92. The maximum absolute atomic E-state index is 10.8. The Balaban J connectivity index is 1.62. The first-order valence-corrected chi connectivity index (χ1v) is 6.50. The number of carboxylic acid groups (broad SMARTS) is 1. The van der Waals surface area contributed by atoms with E-state index in [0.717, 1.165) is 19.5 Å². The third-order valence-corrected chi connectivity index (χ3v) is 3.28. The SMILES string of the molecule is O=C(O)c1occc1CNCCCN1CCCC1. The van der Waals surface area contributed by atoms with E-state index in [1.165, 1.54) is 32.2 Å². The van der Waals surface area contributed by atoms with Crippen molar-refractivity contribution in [3.63, 3.8) is 0 Å². The van der Waals surface area contributed by atoms with Crippen molar-refractivity contribution in [2.75, 3.05) is 26.2 Å². The summed E-state index contributed by atoms with van der Waals surface area (Å²) in [6, 6.07) is 1.71. The highest BCUT2D eigenvalue weighted by molar-refractivity contribution is 5.86. The molecule has 0 aromatic carbocycles. The van der Waals surface area contributed by atoms with Crippen LogP contribution in [0, 0.1) is 0 Å². The molecular formula is C13H20N2O3. The molecule has 2 heterocycles. The van der Waals surface area contributed by atoms with E-state index in [2.05, 4.69) is 10.2 Å². The monoisotopic (exact) mass is 252 g/mol. The van der Waals surface area contributed by atoms with Crippen LogP contribution in [0.25, 0.3) is 0 Å². The fourth-order valence-electron chi connectivity index (χ4n) is 2.32. The number of carboxylic acids is 1. The Kier molecular flexibility index (Phi) is 4.78. The highest BCUT2D eigenvalue weighted by atomic mass is 16.4. The van der Waals surface area contributed by atoms with Gasteiger partial charge in [0, 0.05) is 12.1 Å². The van der Waals surface area contributed by atoms with Crippen LogP contribution < -0.4 is 5.32 Å². The lowest BCUT2D eigenvalue weighted by Gasteiger charge is -2.14. The Hall–Kier alpha value is -1.33. The van der Waals surface area contributed by atoms with Gasteiger partial charge in [0.1, 0.15) is 0 Å². The fraction of sp³-hybridized carbons (Fsp3) is 0.615. The molecule has 18 heavy (non-hydrogen) atoms. The summed E-state index contributed by atoms with van der Waals surface area (Å²) in [5.74, 6) is -0.962. The van der Waals surface area contributed by atoms with Crippen molar-refractivity contribution in [2.45, 2.75) is 25.8 Å². The minimum Gasteiger partial charge on any atom is -0.475 e.